The Morgan fingerprint density at radius 3 is 2.18 bits per heavy atom. The maximum atomic E-state index is 12.8. The van der Waals surface area contributed by atoms with E-state index in [-0.39, 0.29) is 33.0 Å². The Balaban J connectivity index is 1.61. The van der Waals surface area contributed by atoms with E-state index < -0.39 is 23.6 Å². The van der Waals surface area contributed by atoms with Gasteiger partial charge in [0.05, 0.1) is 17.6 Å². The van der Waals surface area contributed by atoms with E-state index in [1.165, 1.54) is 5.57 Å². The molecule has 0 unspecified atom stereocenters. The molecular formula is C30H48O4. The molecule has 0 radical (unpaired) electrons. The van der Waals surface area contributed by atoms with Crippen LogP contribution in [-0.4, -0.2) is 33.5 Å². The summed E-state index contributed by atoms with van der Waals surface area (Å²) in [5.41, 5.74) is 0.754. The van der Waals surface area contributed by atoms with Crippen LogP contribution in [0.3, 0.4) is 0 Å². The third kappa shape index (κ3) is 2.88. The zero-order valence-corrected chi connectivity index (χ0v) is 22.6. The van der Waals surface area contributed by atoms with E-state index in [1.54, 1.807) is 0 Å². The van der Waals surface area contributed by atoms with Crippen LogP contribution in [0, 0.1) is 50.2 Å². The molecule has 4 saturated carbocycles. The highest BCUT2D eigenvalue weighted by Crippen LogP contribution is 2.75. The topological polar surface area (TPSA) is 77.8 Å². The minimum absolute atomic E-state index is 0.00785. The van der Waals surface area contributed by atoms with E-state index in [9.17, 15) is 20.1 Å². The lowest BCUT2D eigenvalue weighted by atomic mass is 9.33. The fraction of sp³-hybridized carbons (Fsp3) is 0.900. The molecule has 3 N–H and O–H groups in total. The Hall–Kier alpha value is -0.870. The second-order valence-corrected chi connectivity index (χ2v) is 15.2. The molecule has 0 bridgehead atoms. The largest absolute Gasteiger partial charge is 0.481 e. The molecule has 192 valence electrons. The van der Waals surface area contributed by atoms with Crippen molar-refractivity contribution in [3.05, 3.63) is 11.6 Å². The predicted octanol–water partition coefficient (Wildman–Crippen LogP) is 6.20. The van der Waals surface area contributed by atoms with Crippen molar-refractivity contribution in [2.75, 3.05) is 0 Å². The quantitative estimate of drug-likeness (QED) is 0.397. The van der Waals surface area contributed by atoms with Crippen LogP contribution >= 0.6 is 0 Å². The Kier molecular flexibility index (Phi) is 5.20. The molecule has 0 aromatic carbocycles. The molecule has 0 saturated heterocycles. The van der Waals surface area contributed by atoms with Crippen LogP contribution in [0.15, 0.2) is 11.6 Å². The van der Waals surface area contributed by atoms with E-state index in [0.717, 1.165) is 51.4 Å². The summed E-state index contributed by atoms with van der Waals surface area (Å²) in [6.45, 7) is 16.3. The van der Waals surface area contributed by atoms with Crippen LogP contribution < -0.4 is 0 Å². The molecular weight excluding hydrogens is 424 g/mol. The standard InChI is InChI=1S/C30H48O4/c1-25(2)12-14-30(24(33)34)15-13-28(6)18(19(30)16-25)8-9-22-27(5)17-20(31)23(32)26(3,4)21(27)10-11-29(22,28)7/h8,19-23,31-32H,9-17H2,1-7H3,(H,33,34)/t19-,20-,21+,22+,23+,27-,28+,29+,30-/m0/s1. The first-order chi connectivity index (χ1) is 15.6. The van der Waals surface area contributed by atoms with Crippen LogP contribution in [0.25, 0.3) is 0 Å². The van der Waals surface area contributed by atoms with Crippen LogP contribution in [-0.2, 0) is 4.79 Å². The van der Waals surface area contributed by atoms with Crippen molar-refractivity contribution in [1.82, 2.24) is 0 Å². The Morgan fingerprint density at radius 1 is 0.882 bits per heavy atom. The Bertz CT molecular complexity index is 919. The van der Waals surface area contributed by atoms with Crippen molar-refractivity contribution >= 4 is 5.97 Å². The van der Waals surface area contributed by atoms with Crippen molar-refractivity contribution in [3.8, 4) is 0 Å². The van der Waals surface area contributed by atoms with Gasteiger partial charge in [-0.2, -0.15) is 0 Å². The molecule has 0 amide bonds. The number of carboxylic acid groups (broad SMARTS) is 1. The van der Waals surface area contributed by atoms with Gasteiger partial charge in [-0.25, -0.2) is 0 Å². The summed E-state index contributed by atoms with van der Waals surface area (Å²) < 4.78 is 0. The van der Waals surface area contributed by atoms with Gasteiger partial charge < -0.3 is 15.3 Å². The number of rotatable bonds is 1. The summed E-state index contributed by atoms with van der Waals surface area (Å²) in [6.07, 6.45) is 9.45. The molecule has 0 spiro atoms. The predicted molar refractivity (Wildman–Crippen MR) is 134 cm³/mol. The summed E-state index contributed by atoms with van der Waals surface area (Å²) in [6, 6.07) is 0. The average molecular weight is 473 g/mol. The van der Waals surface area contributed by atoms with Crippen molar-refractivity contribution in [2.45, 2.75) is 118 Å². The van der Waals surface area contributed by atoms with E-state index >= 15 is 0 Å². The van der Waals surface area contributed by atoms with E-state index in [1.807, 2.05) is 0 Å². The molecule has 5 aliphatic rings. The fourth-order valence-electron chi connectivity index (χ4n) is 10.8. The van der Waals surface area contributed by atoms with E-state index in [4.69, 9.17) is 0 Å². The molecule has 34 heavy (non-hydrogen) atoms. The summed E-state index contributed by atoms with van der Waals surface area (Å²) in [7, 11) is 0. The number of carbonyl (C=O) groups is 1. The van der Waals surface area contributed by atoms with Gasteiger partial charge in [0, 0.05) is 0 Å². The summed E-state index contributed by atoms with van der Waals surface area (Å²) >= 11 is 0. The Morgan fingerprint density at radius 2 is 1.53 bits per heavy atom. The molecule has 4 nitrogen and oxygen atoms in total. The molecule has 5 rings (SSSR count). The molecule has 9 atom stereocenters. The third-order valence-corrected chi connectivity index (χ3v) is 13.0. The average Bonchev–Trinajstić information content (AvgIpc) is 2.72. The number of fused-ring (bicyclic) bond motifs is 7. The monoisotopic (exact) mass is 472 g/mol. The zero-order chi connectivity index (χ0) is 25.1. The maximum Gasteiger partial charge on any atom is 0.310 e. The first-order valence-corrected chi connectivity index (χ1v) is 13.9. The number of aliphatic carboxylic acids is 1. The number of allylic oxidation sites excluding steroid dienone is 2. The molecule has 4 heteroatoms. The lowest BCUT2D eigenvalue weighted by molar-refractivity contribution is -0.231. The van der Waals surface area contributed by atoms with Gasteiger partial charge in [0.15, 0.2) is 0 Å². The zero-order valence-electron chi connectivity index (χ0n) is 22.6. The number of hydrogen-bond acceptors (Lipinski definition) is 3. The maximum absolute atomic E-state index is 12.8. The van der Waals surface area contributed by atoms with Crippen LogP contribution in [0.1, 0.15) is 106 Å². The molecule has 5 aliphatic carbocycles. The van der Waals surface area contributed by atoms with Crippen LogP contribution in [0.5, 0.6) is 0 Å². The van der Waals surface area contributed by atoms with Crippen molar-refractivity contribution < 1.29 is 20.1 Å². The van der Waals surface area contributed by atoms with Gasteiger partial charge in [0.1, 0.15) is 0 Å². The lowest BCUT2D eigenvalue weighted by Gasteiger charge is -2.71. The minimum atomic E-state index is -0.679. The van der Waals surface area contributed by atoms with Crippen LogP contribution in [0.4, 0.5) is 0 Å². The SMILES string of the molecule is CC1(C)CC[C@]2(C(=O)O)CC[C@]3(C)C(=CC[C@@H]4[C@@]5(C)C[C@H](O)[C@@H](O)C(C)(C)[C@H]5CC[C@]43C)[C@@H]2C1. The molecule has 0 aliphatic heterocycles. The second-order valence-electron chi connectivity index (χ2n) is 15.2. The van der Waals surface area contributed by atoms with Gasteiger partial charge in [-0.05, 0) is 103 Å². The normalized spacial score (nSPS) is 53.4. The van der Waals surface area contributed by atoms with Gasteiger partial charge in [0.25, 0.3) is 0 Å². The number of aliphatic hydroxyl groups excluding tert-OH is 2. The van der Waals surface area contributed by atoms with Crippen molar-refractivity contribution in [2.24, 2.45) is 50.2 Å². The highest BCUT2D eigenvalue weighted by atomic mass is 16.4. The summed E-state index contributed by atoms with van der Waals surface area (Å²) in [4.78, 5) is 12.8. The lowest BCUT2D eigenvalue weighted by Crippen LogP contribution is -2.67. The minimum Gasteiger partial charge on any atom is -0.481 e. The van der Waals surface area contributed by atoms with Crippen LogP contribution in [0.2, 0.25) is 0 Å². The van der Waals surface area contributed by atoms with Gasteiger partial charge in [-0.3, -0.25) is 4.79 Å². The molecule has 0 heterocycles. The second kappa shape index (κ2) is 7.12. The van der Waals surface area contributed by atoms with E-state index in [2.05, 4.69) is 54.5 Å². The Labute approximate surface area is 206 Å². The van der Waals surface area contributed by atoms with E-state index in [0.29, 0.717) is 18.3 Å². The van der Waals surface area contributed by atoms with Gasteiger partial charge in [-0.1, -0.05) is 60.1 Å². The summed E-state index contributed by atoms with van der Waals surface area (Å²) in [5.74, 6) is 0.365. The summed E-state index contributed by atoms with van der Waals surface area (Å²) in [5, 5.41) is 32.4. The highest BCUT2D eigenvalue weighted by molar-refractivity contribution is 5.76. The first-order valence-electron chi connectivity index (χ1n) is 13.9. The third-order valence-electron chi connectivity index (χ3n) is 13.0. The van der Waals surface area contributed by atoms with Gasteiger partial charge in [0.2, 0.25) is 0 Å². The first kappa shape index (κ1) is 24.8. The van der Waals surface area contributed by atoms with Gasteiger partial charge >= 0.3 is 5.97 Å². The number of carboxylic acids is 1. The molecule has 0 aromatic rings. The van der Waals surface area contributed by atoms with Gasteiger partial charge in [-0.15, -0.1) is 0 Å². The highest BCUT2D eigenvalue weighted by Gasteiger charge is 2.70. The van der Waals surface area contributed by atoms with Crippen molar-refractivity contribution in [3.63, 3.8) is 0 Å². The smallest absolute Gasteiger partial charge is 0.310 e. The van der Waals surface area contributed by atoms with Crippen molar-refractivity contribution in [1.29, 1.82) is 0 Å². The number of hydrogen-bond donors (Lipinski definition) is 3. The fourth-order valence-corrected chi connectivity index (χ4v) is 10.8. The number of aliphatic hydroxyl groups is 2. The molecule has 4 fully saturated rings. The molecule has 0 aromatic heterocycles.